The summed E-state index contributed by atoms with van der Waals surface area (Å²) in [7, 11) is 0. The third-order valence-electron chi connectivity index (χ3n) is 3.32. The molecule has 21 heavy (non-hydrogen) atoms. The number of ether oxygens (including phenoxy) is 1. The van der Waals surface area contributed by atoms with E-state index >= 15 is 0 Å². The Hall–Kier alpha value is -2.64. The average molecular weight is 291 g/mol. The molecule has 0 radical (unpaired) electrons. The van der Waals surface area contributed by atoms with Crippen molar-refractivity contribution in [2.75, 3.05) is 18.0 Å². The molecule has 1 aliphatic carbocycles. The number of non-ortho nitro benzene ring substituents is 1. The molecule has 0 saturated heterocycles. The highest BCUT2D eigenvalue weighted by atomic mass is 16.6. The van der Waals surface area contributed by atoms with Gasteiger partial charge in [-0.1, -0.05) is 0 Å². The van der Waals surface area contributed by atoms with Crippen molar-refractivity contribution in [3.8, 4) is 5.75 Å². The lowest BCUT2D eigenvalue weighted by Gasteiger charge is -2.28. The van der Waals surface area contributed by atoms with Gasteiger partial charge in [-0.3, -0.25) is 14.9 Å². The normalized spacial score (nSPS) is 17.0. The molecule has 0 unspecified atom stereocenters. The van der Waals surface area contributed by atoms with Gasteiger partial charge in [-0.2, -0.15) is 0 Å². The zero-order chi connectivity index (χ0) is 15.0. The van der Waals surface area contributed by atoms with Crippen LogP contribution < -0.4 is 15.0 Å². The highest BCUT2D eigenvalue weighted by Crippen LogP contribution is 2.35. The van der Waals surface area contributed by atoms with E-state index in [9.17, 15) is 19.7 Å². The maximum atomic E-state index is 11.8. The SMILES string of the molecule is O=C(CN1CC(=O)Oc2cc([N+](=O)[O-])ccc21)NC1CC1. The molecule has 0 spiro atoms. The molecule has 0 aromatic heterocycles. The topological polar surface area (TPSA) is 102 Å². The second kappa shape index (κ2) is 5.04. The maximum absolute atomic E-state index is 11.8. The lowest BCUT2D eigenvalue weighted by atomic mass is 10.2. The van der Waals surface area contributed by atoms with E-state index in [4.69, 9.17) is 4.74 Å². The van der Waals surface area contributed by atoms with Crippen molar-refractivity contribution in [2.24, 2.45) is 0 Å². The Kier molecular flexibility index (Phi) is 3.20. The fraction of sp³-hybridized carbons (Fsp3) is 0.385. The first-order valence-corrected chi connectivity index (χ1v) is 6.56. The minimum atomic E-state index is -0.563. The van der Waals surface area contributed by atoms with Gasteiger partial charge in [0.1, 0.15) is 6.54 Å². The zero-order valence-electron chi connectivity index (χ0n) is 11.1. The first-order valence-electron chi connectivity index (χ1n) is 6.56. The van der Waals surface area contributed by atoms with Crippen LogP contribution in [-0.4, -0.2) is 35.9 Å². The smallest absolute Gasteiger partial charge is 0.331 e. The van der Waals surface area contributed by atoms with E-state index < -0.39 is 10.9 Å². The number of amides is 1. The molecule has 1 N–H and O–H groups in total. The first-order chi connectivity index (χ1) is 10.0. The summed E-state index contributed by atoms with van der Waals surface area (Å²) in [5.41, 5.74) is 0.344. The fourth-order valence-electron chi connectivity index (χ4n) is 2.17. The van der Waals surface area contributed by atoms with Crippen LogP contribution >= 0.6 is 0 Å². The monoisotopic (exact) mass is 291 g/mol. The number of benzene rings is 1. The van der Waals surface area contributed by atoms with E-state index in [2.05, 4.69) is 5.32 Å². The Morgan fingerprint density at radius 3 is 2.90 bits per heavy atom. The number of esters is 1. The van der Waals surface area contributed by atoms with E-state index in [1.807, 2.05) is 0 Å². The van der Waals surface area contributed by atoms with E-state index in [1.165, 1.54) is 18.2 Å². The Bertz CT molecular complexity index is 626. The Morgan fingerprint density at radius 2 is 2.24 bits per heavy atom. The molecular weight excluding hydrogens is 278 g/mol. The van der Waals surface area contributed by atoms with Gasteiger partial charge in [-0.15, -0.1) is 0 Å². The summed E-state index contributed by atoms with van der Waals surface area (Å²) < 4.78 is 5.01. The van der Waals surface area contributed by atoms with Crippen molar-refractivity contribution in [1.82, 2.24) is 5.32 Å². The summed E-state index contributed by atoms with van der Waals surface area (Å²) in [5, 5.41) is 13.6. The van der Waals surface area contributed by atoms with Gasteiger partial charge < -0.3 is 15.0 Å². The molecule has 0 bridgehead atoms. The predicted octanol–water partition coefficient (Wildman–Crippen LogP) is 0.599. The Labute approximate surface area is 119 Å². The van der Waals surface area contributed by atoms with Crippen molar-refractivity contribution in [3.05, 3.63) is 28.3 Å². The molecule has 1 amide bonds. The molecule has 1 saturated carbocycles. The van der Waals surface area contributed by atoms with E-state index in [0.29, 0.717) is 5.69 Å². The highest BCUT2D eigenvalue weighted by molar-refractivity contribution is 5.89. The number of hydrogen-bond donors (Lipinski definition) is 1. The summed E-state index contributed by atoms with van der Waals surface area (Å²) >= 11 is 0. The molecule has 2 aliphatic rings. The second-order valence-corrected chi connectivity index (χ2v) is 5.08. The van der Waals surface area contributed by atoms with Crippen LogP contribution in [-0.2, 0) is 9.59 Å². The number of fused-ring (bicyclic) bond motifs is 1. The van der Waals surface area contributed by atoms with Gasteiger partial charge in [0.25, 0.3) is 5.69 Å². The Morgan fingerprint density at radius 1 is 1.48 bits per heavy atom. The summed E-state index contributed by atoms with van der Waals surface area (Å²) in [6.45, 7) is -0.0285. The van der Waals surface area contributed by atoms with Gasteiger partial charge in [0, 0.05) is 12.1 Å². The van der Waals surface area contributed by atoms with Crippen molar-refractivity contribution in [1.29, 1.82) is 0 Å². The van der Waals surface area contributed by atoms with Crippen LogP contribution in [0.25, 0.3) is 0 Å². The minimum Gasteiger partial charge on any atom is -0.423 e. The number of nitro groups is 1. The third kappa shape index (κ3) is 2.93. The number of nitrogens with one attached hydrogen (secondary N) is 1. The van der Waals surface area contributed by atoms with Crippen molar-refractivity contribution in [2.45, 2.75) is 18.9 Å². The standard InChI is InChI=1S/C13H13N3O5/c17-12(14-8-1-2-8)6-15-7-13(18)21-11-5-9(16(19)20)3-4-10(11)15/h3-5,8H,1-2,6-7H2,(H,14,17). The predicted molar refractivity (Wildman–Crippen MR) is 72.1 cm³/mol. The second-order valence-electron chi connectivity index (χ2n) is 5.08. The zero-order valence-corrected chi connectivity index (χ0v) is 11.1. The molecule has 3 rings (SSSR count). The van der Waals surface area contributed by atoms with Crippen LogP contribution in [0.15, 0.2) is 18.2 Å². The van der Waals surface area contributed by atoms with Crippen molar-refractivity contribution < 1.29 is 19.2 Å². The quantitative estimate of drug-likeness (QED) is 0.377. The lowest BCUT2D eigenvalue weighted by molar-refractivity contribution is -0.384. The van der Waals surface area contributed by atoms with Gasteiger partial charge in [-0.25, -0.2) is 4.79 Å². The van der Waals surface area contributed by atoms with Crippen LogP contribution in [0.5, 0.6) is 5.75 Å². The van der Waals surface area contributed by atoms with Gasteiger partial charge in [0.2, 0.25) is 5.91 Å². The lowest BCUT2D eigenvalue weighted by Crippen LogP contribution is -2.43. The maximum Gasteiger partial charge on any atom is 0.331 e. The summed E-state index contributed by atoms with van der Waals surface area (Å²) in [6.07, 6.45) is 1.97. The first kappa shape index (κ1) is 13.3. The molecule has 8 heteroatoms. The van der Waals surface area contributed by atoms with Gasteiger partial charge in [0.15, 0.2) is 5.75 Å². The summed E-state index contributed by atoms with van der Waals surface area (Å²) in [4.78, 5) is 35.1. The molecule has 1 aromatic carbocycles. The number of rotatable bonds is 4. The van der Waals surface area contributed by atoms with Gasteiger partial charge >= 0.3 is 5.97 Å². The molecule has 1 aromatic rings. The number of carbonyl (C=O) groups excluding carboxylic acids is 2. The fourth-order valence-corrected chi connectivity index (χ4v) is 2.17. The Balaban J connectivity index is 1.81. The largest absolute Gasteiger partial charge is 0.423 e. The van der Waals surface area contributed by atoms with E-state index in [0.717, 1.165) is 12.8 Å². The van der Waals surface area contributed by atoms with Crippen LogP contribution in [0, 0.1) is 10.1 Å². The average Bonchev–Trinajstić information content (AvgIpc) is 3.21. The summed E-state index contributed by atoms with van der Waals surface area (Å²) in [5.74, 6) is -0.599. The van der Waals surface area contributed by atoms with Crippen LogP contribution in [0.2, 0.25) is 0 Å². The number of carbonyl (C=O) groups is 2. The molecule has 8 nitrogen and oxygen atoms in total. The molecule has 1 heterocycles. The number of nitrogens with zero attached hydrogens (tertiary/aromatic N) is 2. The van der Waals surface area contributed by atoms with Crippen LogP contribution in [0.1, 0.15) is 12.8 Å². The molecular formula is C13H13N3O5. The van der Waals surface area contributed by atoms with Crippen molar-refractivity contribution in [3.63, 3.8) is 0 Å². The highest BCUT2D eigenvalue weighted by Gasteiger charge is 2.29. The van der Waals surface area contributed by atoms with E-state index in [1.54, 1.807) is 4.90 Å². The molecule has 1 aliphatic heterocycles. The van der Waals surface area contributed by atoms with Crippen molar-refractivity contribution >= 4 is 23.3 Å². The van der Waals surface area contributed by atoms with Crippen LogP contribution in [0.3, 0.4) is 0 Å². The van der Waals surface area contributed by atoms with Gasteiger partial charge in [0.05, 0.1) is 23.2 Å². The number of nitro benzene ring substituents is 1. The van der Waals surface area contributed by atoms with E-state index in [-0.39, 0.29) is 36.5 Å². The summed E-state index contributed by atoms with van der Waals surface area (Å²) in [6, 6.07) is 4.25. The number of hydrogen-bond acceptors (Lipinski definition) is 6. The number of anilines is 1. The molecule has 110 valence electrons. The minimum absolute atomic E-state index is 0.0242. The van der Waals surface area contributed by atoms with Gasteiger partial charge in [-0.05, 0) is 18.9 Å². The molecule has 0 atom stereocenters. The van der Waals surface area contributed by atoms with Crippen LogP contribution in [0.4, 0.5) is 11.4 Å². The third-order valence-corrected chi connectivity index (χ3v) is 3.32. The molecule has 1 fully saturated rings.